The highest BCUT2D eigenvalue weighted by molar-refractivity contribution is 6.42. The molecule has 2 heterocycles. The fraction of sp³-hybridized carbons (Fsp3) is 0.375. The Balaban J connectivity index is 1.64. The Hall–Kier alpha value is -1.56. The Labute approximate surface area is 145 Å². The second-order valence-corrected chi connectivity index (χ2v) is 6.71. The highest BCUT2D eigenvalue weighted by Gasteiger charge is 2.20. The fourth-order valence-corrected chi connectivity index (χ4v) is 3.04. The quantitative estimate of drug-likeness (QED) is 0.920. The van der Waals surface area contributed by atoms with Crippen LogP contribution in [0.2, 0.25) is 10.0 Å². The van der Waals surface area contributed by atoms with Crippen molar-refractivity contribution in [1.82, 2.24) is 19.8 Å². The fourth-order valence-electron chi connectivity index (χ4n) is 2.75. The zero-order valence-electron chi connectivity index (χ0n) is 12.8. The first kappa shape index (κ1) is 16.3. The number of benzene rings is 1. The van der Waals surface area contributed by atoms with Gasteiger partial charge in [0.15, 0.2) is 0 Å². The molecule has 0 saturated carbocycles. The van der Waals surface area contributed by atoms with Gasteiger partial charge in [-0.05, 0) is 44.1 Å². The normalized spacial score (nSPS) is 18.3. The molecule has 1 aromatic carbocycles. The molecule has 1 fully saturated rings. The molecule has 122 valence electrons. The lowest BCUT2D eigenvalue weighted by atomic mass is 10.1. The summed E-state index contributed by atoms with van der Waals surface area (Å²) in [6, 6.07) is 5.28. The molecule has 1 aliphatic heterocycles. The summed E-state index contributed by atoms with van der Waals surface area (Å²) in [7, 11) is 2.10. The summed E-state index contributed by atoms with van der Waals surface area (Å²) in [5, 5.41) is 3.92. The van der Waals surface area contributed by atoms with Crippen LogP contribution in [0.3, 0.4) is 0 Å². The van der Waals surface area contributed by atoms with Gasteiger partial charge >= 0.3 is 0 Å². The molecule has 23 heavy (non-hydrogen) atoms. The topological polar surface area (TPSA) is 50.2 Å². The van der Waals surface area contributed by atoms with Gasteiger partial charge in [-0.3, -0.25) is 4.79 Å². The summed E-state index contributed by atoms with van der Waals surface area (Å²) >= 11 is 11.9. The summed E-state index contributed by atoms with van der Waals surface area (Å²) in [5.74, 6) is 0.361. The third-order valence-electron chi connectivity index (χ3n) is 4.06. The molecule has 1 N–H and O–H groups in total. The van der Waals surface area contributed by atoms with Crippen LogP contribution in [0.25, 0.3) is 5.69 Å². The van der Waals surface area contributed by atoms with Crippen LogP contribution in [0.1, 0.15) is 16.9 Å². The van der Waals surface area contributed by atoms with Crippen LogP contribution >= 0.6 is 23.2 Å². The maximum Gasteiger partial charge on any atom is 0.271 e. The van der Waals surface area contributed by atoms with Crippen molar-refractivity contribution in [2.75, 3.05) is 26.7 Å². The SMILES string of the molecule is CN1CCC(CNC(=O)c2cn(-c3ccc(Cl)c(Cl)c3)cn2)C1. The standard InChI is InChI=1S/C16H18Cl2N4O/c1-21-5-4-11(8-21)7-19-16(23)15-9-22(10-20-15)12-2-3-13(17)14(18)6-12/h2-3,6,9-11H,4-5,7-8H2,1H3,(H,19,23). The number of amides is 1. The Morgan fingerprint density at radius 3 is 2.91 bits per heavy atom. The molecule has 0 aliphatic carbocycles. The van der Waals surface area contributed by atoms with Crippen molar-refractivity contribution < 1.29 is 4.79 Å². The Kier molecular flexibility index (Phi) is 4.90. The number of carbonyl (C=O) groups is 1. The summed E-state index contributed by atoms with van der Waals surface area (Å²) in [6.45, 7) is 2.80. The van der Waals surface area contributed by atoms with Crippen LogP contribution in [0.5, 0.6) is 0 Å². The van der Waals surface area contributed by atoms with Gasteiger partial charge < -0.3 is 14.8 Å². The number of aromatic nitrogens is 2. The number of imidazole rings is 1. The predicted molar refractivity (Wildman–Crippen MR) is 91.5 cm³/mol. The third kappa shape index (κ3) is 3.86. The minimum absolute atomic E-state index is 0.154. The molecule has 1 aliphatic rings. The molecule has 3 rings (SSSR count). The largest absolute Gasteiger partial charge is 0.350 e. The van der Waals surface area contributed by atoms with Gasteiger partial charge in [-0.25, -0.2) is 4.98 Å². The van der Waals surface area contributed by atoms with E-state index in [0.29, 0.717) is 28.2 Å². The second kappa shape index (κ2) is 6.91. The van der Waals surface area contributed by atoms with E-state index < -0.39 is 0 Å². The number of nitrogens with zero attached hydrogens (tertiary/aromatic N) is 3. The van der Waals surface area contributed by atoms with Gasteiger partial charge in [0, 0.05) is 25.0 Å². The first-order valence-corrected chi connectivity index (χ1v) is 8.24. The van der Waals surface area contributed by atoms with Crippen LogP contribution in [0.15, 0.2) is 30.7 Å². The Morgan fingerprint density at radius 1 is 1.39 bits per heavy atom. The minimum atomic E-state index is -0.154. The van der Waals surface area contributed by atoms with Crippen LogP contribution in [-0.2, 0) is 0 Å². The molecule has 1 saturated heterocycles. The molecule has 0 bridgehead atoms. The van der Waals surface area contributed by atoms with Crippen LogP contribution in [-0.4, -0.2) is 47.0 Å². The van der Waals surface area contributed by atoms with E-state index in [1.807, 2.05) is 6.07 Å². The molecular formula is C16H18Cl2N4O. The molecule has 0 radical (unpaired) electrons. The van der Waals surface area contributed by atoms with Gasteiger partial charge in [0.1, 0.15) is 12.0 Å². The first-order chi connectivity index (χ1) is 11.0. The molecule has 1 atom stereocenters. The van der Waals surface area contributed by atoms with Crippen LogP contribution in [0, 0.1) is 5.92 Å². The van der Waals surface area contributed by atoms with Crippen LogP contribution in [0.4, 0.5) is 0 Å². The van der Waals surface area contributed by atoms with Crippen molar-refractivity contribution in [1.29, 1.82) is 0 Å². The number of rotatable bonds is 4. The van der Waals surface area contributed by atoms with E-state index in [2.05, 4.69) is 22.2 Å². The summed E-state index contributed by atoms with van der Waals surface area (Å²) in [4.78, 5) is 18.6. The average Bonchev–Trinajstić information content (AvgIpc) is 3.17. The molecular weight excluding hydrogens is 335 g/mol. The average molecular weight is 353 g/mol. The number of likely N-dealkylation sites (tertiary alicyclic amines) is 1. The summed E-state index contributed by atoms with van der Waals surface area (Å²) in [5.41, 5.74) is 1.20. The van der Waals surface area contributed by atoms with Gasteiger partial charge in [-0.1, -0.05) is 23.2 Å². The van der Waals surface area contributed by atoms with E-state index in [0.717, 1.165) is 25.2 Å². The lowest BCUT2D eigenvalue weighted by Gasteiger charge is -2.10. The van der Waals surface area contributed by atoms with E-state index in [1.165, 1.54) is 0 Å². The van der Waals surface area contributed by atoms with E-state index in [1.54, 1.807) is 29.2 Å². The highest BCUT2D eigenvalue weighted by atomic mass is 35.5. The lowest BCUT2D eigenvalue weighted by molar-refractivity contribution is 0.0943. The molecule has 1 amide bonds. The minimum Gasteiger partial charge on any atom is -0.350 e. The molecule has 1 aromatic heterocycles. The maximum absolute atomic E-state index is 12.2. The zero-order valence-corrected chi connectivity index (χ0v) is 14.3. The van der Waals surface area contributed by atoms with E-state index >= 15 is 0 Å². The van der Waals surface area contributed by atoms with Crippen molar-refractivity contribution >= 4 is 29.1 Å². The monoisotopic (exact) mass is 352 g/mol. The van der Waals surface area contributed by atoms with Gasteiger partial charge in [-0.15, -0.1) is 0 Å². The smallest absolute Gasteiger partial charge is 0.271 e. The number of carbonyl (C=O) groups excluding carboxylic acids is 1. The molecule has 0 spiro atoms. The van der Waals surface area contributed by atoms with Gasteiger partial charge in [0.2, 0.25) is 0 Å². The van der Waals surface area contributed by atoms with Gasteiger partial charge in [0.05, 0.1) is 10.0 Å². The second-order valence-electron chi connectivity index (χ2n) is 5.89. The highest BCUT2D eigenvalue weighted by Crippen LogP contribution is 2.24. The summed E-state index contributed by atoms with van der Waals surface area (Å²) in [6.07, 6.45) is 4.40. The Morgan fingerprint density at radius 2 is 2.22 bits per heavy atom. The third-order valence-corrected chi connectivity index (χ3v) is 4.80. The molecule has 1 unspecified atom stereocenters. The van der Waals surface area contributed by atoms with E-state index in [-0.39, 0.29) is 5.91 Å². The number of hydrogen-bond acceptors (Lipinski definition) is 3. The van der Waals surface area contributed by atoms with Crippen molar-refractivity contribution in [2.45, 2.75) is 6.42 Å². The zero-order chi connectivity index (χ0) is 16.4. The maximum atomic E-state index is 12.2. The molecule has 2 aromatic rings. The number of halogens is 2. The van der Waals surface area contributed by atoms with Crippen molar-refractivity contribution in [3.8, 4) is 5.69 Å². The Bertz CT molecular complexity index is 716. The number of hydrogen-bond donors (Lipinski definition) is 1. The van der Waals surface area contributed by atoms with E-state index in [4.69, 9.17) is 23.2 Å². The summed E-state index contributed by atoms with van der Waals surface area (Å²) < 4.78 is 1.75. The lowest BCUT2D eigenvalue weighted by Crippen LogP contribution is -2.30. The van der Waals surface area contributed by atoms with Gasteiger partial charge in [0.25, 0.3) is 5.91 Å². The predicted octanol–water partition coefficient (Wildman–Crippen LogP) is 2.86. The number of nitrogens with one attached hydrogen (secondary N) is 1. The van der Waals surface area contributed by atoms with Gasteiger partial charge in [-0.2, -0.15) is 0 Å². The van der Waals surface area contributed by atoms with E-state index in [9.17, 15) is 4.79 Å². The van der Waals surface area contributed by atoms with Crippen molar-refractivity contribution in [3.63, 3.8) is 0 Å². The van der Waals surface area contributed by atoms with Crippen molar-refractivity contribution in [2.24, 2.45) is 5.92 Å². The van der Waals surface area contributed by atoms with Crippen molar-refractivity contribution in [3.05, 3.63) is 46.5 Å². The molecule has 7 heteroatoms. The van der Waals surface area contributed by atoms with Crippen LogP contribution < -0.4 is 5.32 Å². The first-order valence-electron chi connectivity index (χ1n) is 7.49. The molecule has 5 nitrogen and oxygen atoms in total.